The van der Waals surface area contributed by atoms with Crippen molar-refractivity contribution in [2.24, 2.45) is 0 Å². The summed E-state index contributed by atoms with van der Waals surface area (Å²) in [4.78, 5) is 11.9. The number of fused-ring (bicyclic) bond motifs is 13. The lowest BCUT2D eigenvalue weighted by molar-refractivity contribution is 1.02. The number of rotatable bonds is 3. The van der Waals surface area contributed by atoms with Crippen LogP contribution in [0.2, 0.25) is 0 Å². The summed E-state index contributed by atoms with van der Waals surface area (Å²) in [5.74, 6) is 0.687. The van der Waals surface area contributed by atoms with Gasteiger partial charge in [-0.25, -0.2) is 9.97 Å². The van der Waals surface area contributed by atoms with Gasteiger partial charge in [0.15, 0.2) is 0 Å². The van der Waals surface area contributed by atoms with Gasteiger partial charge in [-0.1, -0.05) is 127 Å². The first-order valence-corrected chi connectivity index (χ1v) is 18.1. The summed E-state index contributed by atoms with van der Waals surface area (Å²) >= 11 is 1.74. The fourth-order valence-corrected chi connectivity index (χ4v) is 9.63. The number of nitrogens with zero attached hydrogens (tertiary/aromatic N) is 4. The van der Waals surface area contributed by atoms with Crippen LogP contribution in [0, 0.1) is 0 Å². The van der Waals surface area contributed by atoms with Crippen molar-refractivity contribution in [3.05, 3.63) is 158 Å². The lowest BCUT2D eigenvalue weighted by Crippen LogP contribution is -2.02. The van der Waals surface area contributed by atoms with Gasteiger partial charge in [-0.05, 0) is 41.5 Å². The first kappa shape index (κ1) is 27.3. The Kier molecular flexibility index (Phi) is 5.35. The molecular weight excluding hydrogens is 641 g/mol. The van der Waals surface area contributed by atoms with Gasteiger partial charge < -0.3 is 4.40 Å². The predicted molar refractivity (Wildman–Crippen MR) is 215 cm³/mol. The van der Waals surface area contributed by atoms with Crippen molar-refractivity contribution in [3.8, 4) is 28.3 Å². The average molecular weight is 667 g/mol. The maximum atomic E-state index is 5.48. The Labute approximate surface area is 295 Å². The lowest BCUT2D eigenvalue weighted by Gasteiger charge is -2.10. The van der Waals surface area contributed by atoms with E-state index < -0.39 is 0 Å². The van der Waals surface area contributed by atoms with E-state index in [1.54, 1.807) is 11.3 Å². The molecule has 0 aliphatic rings. The number of hydrogen-bond donors (Lipinski definition) is 0. The van der Waals surface area contributed by atoms with E-state index in [-0.39, 0.29) is 0 Å². The quantitative estimate of drug-likeness (QED) is 0.188. The summed E-state index contributed by atoms with van der Waals surface area (Å²) in [5.41, 5.74) is 10.4. The molecule has 0 saturated carbocycles. The molecule has 0 saturated heterocycles. The molecule has 0 spiro atoms. The third-order valence-electron chi connectivity index (χ3n) is 10.7. The molecule has 5 heteroatoms. The Morgan fingerprint density at radius 1 is 0.412 bits per heavy atom. The highest BCUT2D eigenvalue weighted by Crippen LogP contribution is 2.47. The highest BCUT2D eigenvalue weighted by Gasteiger charge is 2.26. The van der Waals surface area contributed by atoms with Gasteiger partial charge in [0.2, 0.25) is 5.95 Å². The smallest absolute Gasteiger partial charge is 0.236 e. The van der Waals surface area contributed by atoms with Crippen molar-refractivity contribution in [2.75, 3.05) is 0 Å². The van der Waals surface area contributed by atoms with Crippen molar-refractivity contribution >= 4 is 91.5 Å². The number of para-hydroxylation sites is 2. The molecule has 12 aromatic rings. The zero-order valence-electron chi connectivity index (χ0n) is 27.2. The maximum absolute atomic E-state index is 5.48. The van der Waals surface area contributed by atoms with E-state index in [0.717, 1.165) is 32.5 Å². The summed E-state index contributed by atoms with van der Waals surface area (Å²) in [5, 5.41) is 9.74. The van der Waals surface area contributed by atoms with E-state index in [0.29, 0.717) is 5.95 Å². The molecule has 51 heavy (non-hydrogen) atoms. The third kappa shape index (κ3) is 3.63. The van der Waals surface area contributed by atoms with Gasteiger partial charge in [0.1, 0.15) is 4.83 Å². The predicted octanol–water partition coefficient (Wildman–Crippen LogP) is 12.4. The summed E-state index contributed by atoms with van der Waals surface area (Å²) < 4.78 is 6.01. The Hall–Kier alpha value is -6.56. The minimum Gasteiger partial charge on any atom is -0.308 e. The monoisotopic (exact) mass is 666 g/mol. The number of benzene rings is 7. The minimum absolute atomic E-state index is 0.687. The normalized spacial score (nSPS) is 12.3. The van der Waals surface area contributed by atoms with Gasteiger partial charge in [-0.2, -0.15) is 0 Å². The highest BCUT2D eigenvalue weighted by molar-refractivity contribution is 7.25. The number of thiophene rings is 1. The van der Waals surface area contributed by atoms with E-state index in [9.17, 15) is 0 Å². The summed E-state index contributed by atoms with van der Waals surface area (Å²) in [6, 6.07) is 56.7. The third-order valence-corrected chi connectivity index (χ3v) is 11.7. The molecular formula is C46H26N4S. The molecule has 5 heterocycles. The topological polar surface area (TPSA) is 35.1 Å². The molecule has 0 unspecified atom stereocenters. The van der Waals surface area contributed by atoms with E-state index >= 15 is 0 Å². The van der Waals surface area contributed by atoms with Crippen LogP contribution in [0.1, 0.15) is 0 Å². The molecule has 0 atom stereocenters. The molecule has 0 aliphatic heterocycles. The number of aromatic nitrogens is 4. The molecule has 7 aromatic carbocycles. The van der Waals surface area contributed by atoms with Crippen LogP contribution in [0.4, 0.5) is 0 Å². The molecule has 12 rings (SSSR count). The van der Waals surface area contributed by atoms with E-state index in [1.807, 2.05) is 0 Å². The first-order chi connectivity index (χ1) is 25.3. The highest BCUT2D eigenvalue weighted by atomic mass is 32.1. The van der Waals surface area contributed by atoms with Gasteiger partial charge in [0, 0.05) is 53.4 Å². The van der Waals surface area contributed by atoms with Gasteiger partial charge in [0.25, 0.3) is 0 Å². The van der Waals surface area contributed by atoms with Gasteiger partial charge in [-0.15, -0.1) is 11.3 Å². The van der Waals surface area contributed by atoms with E-state index in [4.69, 9.17) is 9.97 Å². The Morgan fingerprint density at radius 2 is 1.08 bits per heavy atom. The number of hydrogen-bond acceptors (Lipinski definition) is 3. The molecule has 0 bridgehead atoms. The fraction of sp³-hybridized carbons (Fsp3) is 0. The maximum Gasteiger partial charge on any atom is 0.236 e. The molecule has 236 valence electrons. The SMILES string of the molecule is c1ccc(-c2ccc3c4cc5c(c6ccccc6n5-c5nc(-c6ccccc6)c6c(n5)sc5ccccc56)c5c6ccccc6n(c3c2)c45)cc1. The fourth-order valence-electron chi connectivity index (χ4n) is 8.55. The van der Waals surface area contributed by atoms with Crippen molar-refractivity contribution in [1.29, 1.82) is 0 Å². The van der Waals surface area contributed by atoms with Gasteiger partial charge in [-0.3, -0.25) is 4.57 Å². The average Bonchev–Trinajstić information content (AvgIpc) is 3.93. The molecule has 0 aliphatic carbocycles. The standard InChI is InChI=1S/C46H26N4S/c1-3-13-27(14-4-1)29-23-24-30-34-26-38-40(41-32-18-8-10-20-35(32)49(44(34)41)37(30)25-29)31-17-7-11-21-36(31)50(38)46-47-43(28-15-5-2-6-16-28)42-33-19-9-12-22-39(33)51-45(42)48-46/h1-26H. The second-order valence-electron chi connectivity index (χ2n) is 13.4. The van der Waals surface area contributed by atoms with Crippen molar-refractivity contribution < 1.29 is 0 Å². The lowest BCUT2D eigenvalue weighted by atomic mass is 10.0. The van der Waals surface area contributed by atoms with Crippen molar-refractivity contribution in [1.82, 2.24) is 18.9 Å². The van der Waals surface area contributed by atoms with Crippen LogP contribution >= 0.6 is 11.3 Å². The first-order valence-electron chi connectivity index (χ1n) is 17.3. The van der Waals surface area contributed by atoms with Crippen LogP contribution in [-0.2, 0) is 0 Å². The van der Waals surface area contributed by atoms with Crippen LogP contribution in [-0.4, -0.2) is 18.9 Å². The van der Waals surface area contributed by atoms with Crippen LogP contribution in [0.15, 0.2) is 158 Å². The van der Waals surface area contributed by atoms with Gasteiger partial charge in [0.05, 0.1) is 33.3 Å². The second-order valence-corrected chi connectivity index (χ2v) is 14.4. The molecule has 0 amide bonds. The molecule has 0 fully saturated rings. The van der Waals surface area contributed by atoms with Crippen LogP contribution < -0.4 is 0 Å². The Morgan fingerprint density at radius 3 is 1.88 bits per heavy atom. The zero-order valence-corrected chi connectivity index (χ0v) is 28.0. The molecule has 0 radical (unpaired) electrons. The van der Waals surface area contributed by atoms with E-state index in [1.165, 1.54) is 70.1 Å². The second kappa shape index (κ2) is 10.0. The summed E-state index contributed by atoms with van der Waals surface area (Å²) in [6.45, 7) is 0. The van der Waals surface area contributed by atoms with Crippen LogP contribution in [0.25, 0.3) is 109 Å². The van der Waals surface area contributed by atoms with Crippen molar-refractivity contribution in [3.63, 3.8) is 0 Å². The summed E-state index contributed by atoms with van der Waals surface area (Å²) in [6.07, 6.45) is 0. The molecule has 0 N–H and O–H groups in total. The summed E-state index contributed by atoms with van der Waals surface area (Å²) in [7, 11) is 0. The minimum atomic E-state index is 0.687. The molecule has 5 aromatic heterocycles. The Balaban J connectivity index is 1.26. The Bertz CT molecular complexity index is 3350. The zero-order chi connectivity index (χ0) is 33.2. The van der Waals surface area contributed by atoms with Crippen LogP contribution in [0.5, 0.6) is 0 Å². The largest absolute Gasteiger partial charge is 0.308 e. The van der Waals surface area contributed by atoms with Gasteiger partial charge >= 0.3 is 0 Å². The molecule has 4 nitrogen and oxygen atoms in total. The van der Waals surface area contributed by atoms with Crippen molar-refractivity contribution in [2.45, 2.75) is 0 Å². The van der Waals surface area contributed by atoms with Crippen LogP contribution in [0.3, 0.4) is 0 Å². The van der Waals surface area contributed by atoms with E-state index in [2.05, 4.69) is 167 Å².